The molecule has 1 aromatic heterocycles. The monoisotopic (exact) mass is 504 g/mol. The lowest BCUT2D eigenvalue weighted by atomic mass is 9.89. The highest BCUT2D eigenvalue weighted by Crippen LogP contribution is 2.45. The zero-order valence-corrected chi connectivity index (χ0v) is 20.9. The molecule has 1 saturated heterocycles. The lowest BCUT2D eigenvalue weighted by molar-refractivity contribution is -0.120. The summed E-state index contributed by atoms with van der Waals surface area (Å²) in [6, 6.07) is 23.4. The maximum Gasteiger partial charge on any atom is 0.332 e. The van der Waals surface area contributed by atoms with Crippen LogP contribution in [0.25, 0.3) is 10.9 Å². The molecule has 0 spiro atoms. The van der Waals surface area contributed by atoms with E-state index in [4.69, 9.17) is 0 Å². The van der Waals surface area contributed by atoms with Crippen LogP contribution in [0.2, 0.25) is 0 Å². The molecule has 2 atom stereocenters. The Labute approximate surface area is 220 Å². The third kappa shape index (κ3) is 3.45. The van der Waals surface area contributed by atoms with Crippen LogP contribution in [-0.2, 0) is 11.2 Å². The summed E-state index contributed by atoms with van der Waals surface area (Å²) in [5, 5.41) is 4.18. The number of anilines is 1. The summed E-state index contributed by atoms with van der Waals surface area (Å²) in [5.74, 6) is -0.540. The number of H-pyrrole nitrogens is 1. The number of benzene rings is 3. The van der Waals surface area contributed by atoms with Gasteiger partial charge in [0, 0.05) is 29.1 Å². The molecule has 2 N–H and O–H groups in total. The van der Waals surface area contributed by atoms with Crippen LogP contribution in [-0.4, -0.2) is 39.8 Å². The number of hydrogen-bond acceptors (Lipinski definition) is 3. The van der Waals surface area contributed by atoms with E-state index < -0.39 is 18.1 Å². The zero-order chi connectivity index (χ0) is 25.8. The summed E-state index contributed by atoms with van der Waals surface area (Å²) in [7, 11) is 0. The minimum atomic E-state index is -0.662. The van der Waals surface area contributed by atoms with Crippen molar-refractivity contribution in [2.24, 2.45) is 0 Å². The fourth-order valence-electron chi connectivity index (χ4n) is 6.47. The molecule has 3 heterocycles. The Morgan fingerprint density at radius 1 is 0.868 bits per heavy atom. The van der Waals surface area contributed by atoms with Gasteiger partial charge in [-0.1, -0.05) is 73.5 Å². The van der Waals surface area contributed by atoms with Gasteiger partial charge in [0.15, 0.2) is 0 Å². The first kappa shape index (κ1) is 22.8. The summed E-state index contributed by atoms with van der Waals surface area (Å²) >= 11 is 0. The highest BCUT2D eigenvalue weighted by atomic mass is 16.2. The first-order valence-electron chi connectivity index (χ1n) is 13.3. The predicted molar refractivity (Wildman–Crippen MR) is 145 cm³/mol. The normalized spacial score (nSPS) is 21.2. The molecule has 2 fully saturated rings. The second-order valence-corrected chi connectivity index (χ2v) is 10.4. The van der Waals surface area contributed by atoms with Crippen molar-refractivity contribution in [2.45, 2.75) is 50.2 Å². The summed E-state index contributed by atoms with van der Waals surface area (Å²) in [4.78, 5) is 48.0. The SMILES string of the molecule is O=C(NC1CCCC1)c1ccccc1N1C(=O)C2Cc3c([nH]c4ccccc34)C(c3ccccc3)N2C1=O. The Bertz CT molecular complexity index is 1570. The number of fused-ring (bicyclic) bond motifs is 4. The first-order chi connectivity index (χ1) is 18.6. The molecular formula is C31H28N4O3. The molecule has 0 bridgehead atoms. The van der Waals surface area contributed by atoms with Crippen LogP contribution in [0, 0.1) is 0 Å². The highest BCUT2D eigenvalue weighted by molar-refractivity contribution is 6.24. The van der Waals surface area contributed by atoms with E-state index >= 15 is 0 Å². The zero-order valence-electron chi connectivity index (χ0n) is 20.9. The summed E-state index contributed by atoms with van der Waals surface area (Å²) in [6.45, 7) is 0. The maximum atomic E-state index is 14.2. The largest absolute Gasteiger partial charge is 0.356 e. The number of aromatic nitrogens is 1. The Morgan fingerprint density at radius 3 is 2.39 bits per heavy atom. The van der Waals surface area contributed by atoms with Crippen molar-refractivity contribution in [3.63, 3.8) is 0 Å². The number of urea groups is 1. The van der Waals surface area contributed by atoms with Crippen LogP contribution in [0.4, 0.5) is 10.5 Å². The quantitative estimate of drug-likeness (QED) is 0.369. The van der Waals surface area contributed by atoms with Crippen molar-refractivity contribution in [1.82, 2.24) is 15.2 Å². The Morgan fingerprint density at radius 2 is 1.58 bits per heavy atom. The number of carbonyl (C=O) groups is 3. The van der Waals surface area contributed by atoms with Gasteiger partial charge in [0.25, 0.3) is 11.8 Å². The highest BCUT2D eigenvalue weighted by Gasteiger charge is 2.53. The molecule has 0 radical (unpaired) electrons. The average Bonchev–Trinajstić information content (AvgIpc) is 3.65. The Hall–Kier alpha value is -4.39. The van der Waals surface area contributed by atoms with Crippen LogP contribution in [0.3, 0.4) is 0 Å². The van der Waals surface area contributed by atoms with E-state index in [1.165, 1.54) is 4.90 Å². The lowest BCUT2D eigenvalue weighted by Crippen LogP contribution is -2.44. The second-order valence-electron chi connectivity index (χ2n) is 10.4. The molecule has 2 aliphatic heterocycles. The van der Waals surface area contributed by atoms with Gasteiger partial charge in [-0.05, 0) is 42.2 Å². The van der Waals surface area contributed by atoms with Gasteiger partial charge in [0.1, 0.15) is 12.1 Å². The third-order valence-electron chi connectivity index (χ3n) is 8.24. The Kier molecular flexibility index (Phi) is 5.32. The molecule has 190 valence electrons. The van der Waals surface area contributed by atoms with E-state index in [9.17, 15) is 14.4 Å². The second kappa shape index (κ2) is 8.87. The van der Waals surface area contributed by atoms with E-state index in [1.54, 1.807) is 29.2 Å². The summed E-state index contributed by atoms with van der Waals surface area (Å²) in [6.07, 6.45) is 4.52. The van der Waals surface area contributed by atoms with E-state index in [-0.39, 0.29) is 17.9 Å². The number of nitrogens with one attached hydrogen (secondary N) is 2. The van der Waals surface area contributed by atoms with Gasteiger partial charge in [-0.15, -0.1) is 0 Å². The van der Waals surface area contributed by atoms with E-state index in [1.807, 2.05) is 48.5 Å². The molecule has 1 saturated carbocycles. The van der Waals surface area contributed by atoms with Gasteiger partial charge >= 0.3 is 6.03 Å². The molecule has 1 aliphatic carbocycles. The number of amides is 4. The van der Waals surface area contributed by atoms with Gasteiger partial charge in [-0.25, -0.2) is 9.69 Å². The van der Waals surface area contributed by atoms with Gasteiger partial charge < -0.3 is 10.3 Å². The molecule has 7 heteroatoms. The van der Waals surface area contributed by atoms with E-state index in [2.05, 4.69) is 16.4 Å². The number of rotatable bonds is 4. The van der Waals surface area contributed by atoms with Crippen LogP contribution < -0.4 is 10.2 Å². The molecule has 4 amide bonds. The van der Waals surface area contributed by atoms with Crippen LogP contribution in [0.5, 0.6) is 0 Å². The Balaban J connectivity index is 1.32. The minimum Gasteiger partial charge on any atom is -0.356 e. The van der Waals surface area contributed by atoms with Crippen LogP contribution in [0.1, 0.15) is 58.9 Å². The standard InChI is InChI=1S/C31H28N4O3/c36-29(32-20-12-4-5-13-20)22-15-7-9-17-25(22)35-30(37)26-18-23-21-14-6-8-16-24(21)33-27(23)28(34(26)31(35)38)19-10-2-1-3-11-19/h1-3,6-11,14-17,20,26,28,33H,4-5,12-13,18H2,(H,32,36). The van der Waals surface area contributed by atoms with Gasteiger partial charge in [0.2, 0.25) is 0 Å². The molecule has 2 unspecified atom stereocenters. The van der Waals surface area contributed by atoms with Crippen molar-refractivity contribution in [1.29, 1.82) is 0 Å². The number of hydrogen-bond donors (Lipinski definition) is 2. The molecule has 3 aromatic carbocycles. The molecule has 38 heavy (non-hydrogen) atoms. The van der Waals surface area contributed by atoms with Crippen molar-refractivity contribution < 1.29 is 14.4 Å². The van der Waals surface area contributed by atoms with Crippen LogP contribution in [0.15, 0.2) is 78.9 Å². The predicted octanol–water partition coefficient (Wildman–Crippen LogP) is 5.32. The number of imide groups is 1. The summed E-state index contributed by atoms with van der Waals surface area (Å²) < 4.78 is 0. The number of nitrogens with zero attached hydrogens (tertiary/aromatic N) is 2. The van der Waals surface area contributed by atoms with Gasteiger partial charge in [-0.2, -0.15) is 0 Å². The summed E-state index contributed by atoms with van der Waals surface area (Å²) in [5.41, 5.74) is 4.61. The fourth-order valence-corrected chi connectivity index (χ4v) is 6.47. The van der Waals surface area contributed by atoms with Crippen molar-refractivity contribution in [2.75, 3.05) is 4.90 Å². The smallest absolute Gasteiger partial charge is 0.332 e. The number of para-hydroxylation sites is 2. The lowest BCUT2D eigenvalue weighted by Gasteiger charge is -2.36. The topological polar surface area (TPSA) is 85.5 Å². The molecule has 4 aromatic rings. The van der Waals surface area contributed by atoms with Gasteiger partial charge in [-0.3, -0.25) is 14.5 Å². The fraction of sp³-hybridized carbons (Fsp3) is 0.258. The number of aromatic amines is 1. The number of carbonyl (C=O) groups excluding carboxylic acids is 3. The maximum absolute atomic E-state index is 14.2. The van der Waals surface area contributed by atoms with E-state index in [0.717, 1.165) is 53.4 Å². The van der Waals surface area contributed by atoms with Crippen molar-refractivity contribution in [3.8, 4) is 0 Å². The van der Waals surface area contributed by atoms with Gasteiger partial charge in [0.05, 0.1) is 11.3 Å². The minimum absolute atomic E-state index is 0.132. The molecule has 3 aliphatic rings. The van der Waals surface area contributed by atoms with Crippen molar-refractivity contribution >= 4 is 34.4 Å². The first-order valence-corrected chi connectivity index (χ1v) is 13.3. The van der Waals surface area contributed by atoms with E-state index in [0.29, 0.717) is 17.7 Å². The molecular weight excluding hydrogens is 476 g/mol. The third-order valence-corrected chi connectivity index (χ3v) is 8.24. The molecule has 7 rings (SSSR count). The average molecular weight is 505 g/mol. The molecule has 7 nitrogen and oxygen atoms in total. The van der Waals surface area contributed by atoms with Crippen molar-refractivity contribution in [3.05, 3.63) is 101 Å². The van der Waals surface area contributed by atoms with Crippen LogP contribution >= 0.6 is 0 Å².